The van der Waals surface area contributed by atoms with Crippen LogP contribution in [0.15, 0.2) is 36.4 Å². The fraction of sp³-hybridized carbons (Fsp3) is 0.417. The highest BCUT2D eigenvalue weighted by molar-refractivity contribution is 7.92. The number of hydrogen-bond donors (Lipinski definition) is 1. The summed E-state index contributed by atoms with van der Waals surface area (Å²) in [6.07, 6.45) is 1.25. The number of amides is 2. The number of anilines is 1. The highest BCUT2D eigenvalue weighted by Gasteiger charge is 2.33. The molecule has 0 radical (unpaired) electrons. The molecule has 0 spiro atoms. The van der Waals surface area contributed by atoms with Crippen LogP contribution in [-0.2, 0) is 26.2 Å². The second-order valence-electron chi connectivity index (χ2n) is 9.32. The topological polar surface area (TPSA) is 86.8 Å². The Morgan fingerprint density at radius 2 is 1.56 bits per heavy atom. The van der Waals surface area contributed by atoms with Crippen molar-refractivity contribution in [3.05, 3.63) is 62.1 Å². The molecule has 2 rings (SSSR count). The van der Waals surface area contributed by atoms with Crippen molar-refractivity contribution in [3.63, 3.8) is 0 Å². The molecule has 198 valence electrons. The number of sulfonamides is 1. The van der Waals surface area contributed by atoms with E-state index in [9.17, 15) is 18.0 Å². The van der Waals surface area contributed by atoms with Crippen LogP contribution in [0.25, 0.3) is 0 Å². The molecule has 2 aromatic rings. The molecule has 2 aromatic carbocycles. The number of nitrogens with zero attached hydrogens (tertiary/aromatic N) is 2. The molecule has 1 N–H and O–H groups in total. The van der Waals surface area contributed by atoms with Gasteiger partial charge in [-0.25, -0.2) is 8.42 Å². The van der Waals surface area contributed by atoms with Crippen LogP contribution in [0, 0.1) is 0 Å². The van der Waals surface area contributed by atoms with Crippen molar-refractivity contribution in [3.8, 4) is 0 Å². The van der Waals surface area contributed by atoms with Crippen LogP contribution in [0.2, 0.25) is 20.1 Å². The number of nitrogens with one attached hydrogen (secondary N) is 1. The zero-order valence-electron chi connectivity index (χ0n) is 20.6. The van der Waals surface area contributed by atoms with Crippen LogP contribution >= 0.6 is 46.4 Å². The quantitative estimate of drug-likeness (QED) is 0.397. The largest absolute Gasteiger partial charge is 0.350 e. The van der Waals surface area contributed by atoms with E-state index in [1.165, 1.54) is 29.2 Å². The van der Waals surface area contributed by atoms with Gasteiger partial charge in [-0.3, -0.25) is 13.9 Å². The minimum Gasteiger partial charge on any atom is -0.350 e. The first-order valence-corrected chi connectivity index (χ1v) is 14.4. The Bertz CT molecular complexity index is 1210. The Hall–Kier alpha value is -1.71. The van der Waals surface area contributed by atoms with E-state index in [-0.39, 0.29) is 34.6 Å². The minimum atomic E-state index is -3.92. The molecule has 0 heterocycles. The number of rotatable bonds is 9. The molecule has 0 saturated carbocycles. The van der Waals surface area contributed by atoms with Gasteiger partial charge in [0.2, 0.25) is 21.8 Å². The van der Waals surface area contributed by atoms with Crippen LogP contribution < -0.4 is 9.62 Å². The maximum absolute atomic E-state index is 13.7. The van der Waals surface area contributed by atoms with E-state index in [1.807, 2.05) is 20.8 Å². The Morgan fingerprint density at radius 3 is 2.03 bits per heavy atom. The molecule has 1 atom stereocenters. The molecule has 0 fully saturated rings. The summed E-state index contributed by atoms with van der Waals surface area (Å²) in [5.41, 5.74) is 0.126. The lowest BCUT2D eigenvalue weighted by atomic mass is 10.1. The van der Waals surface area contributed by atoms with Crippen LogP contribution in [0.3, 0.4) is 0 Å². The fourth-order valence-electron chi connectivity index (χ4n) is 3.50. The molecule has 1 unspecified atom stereocenters. The minimum absolute atomic E-state index is 0.0428. The number of carbonyl (C=O) groups excluding carboxylic acids is 2. The van der Waals surface area contributed by atoms with Crippen molar-refractivity contribution < 1.29 is 18.0 Å². The van der Waals surface area contributed by atoms with Crippen LogP contribution in [0.5, 0.6) is 0 Å². The second kappa shape index (κ2) is 12.2. The Morgan fingerprint density at radius 1 is 0.972 bits per heavy atom. The maximum Gasteiger partial charge on any atom is 0.244 e. The average Bonchev–Trinajstić information content (AvgIpc) is 2.70. The summed E-state index contributed by atoms with van der Waals surface area (Å²) >= 11 is 24.5. The Kier molecular flexibility index (Phi) is 10.4. The van der Waals surface area contributed by atoms with Gasteiger partial charge in [-0.15, -0.1) is 0 Å². The highest BCUT2D eigenvalue weighted by Crippen LogP contribution is 2.28. The molecule has 0 aliphatic rings. The van der Waals surface area contributed by atoms with E-state index in [1.54, 1.807) is 19.1 Å². The van der Waals surface area contributed by atoms with Crippen molar-refractivity contribution in [2.45, 2.75) is 52.2 Å². The van der Waals surface area contributed by atoms with Gasteiger partial charge in [0.15, 0.2) is 0 Å². The second-order valence-corrected chi connectivity index (χ2v) is 12.9. The third-order valence-corrected chi connectivity index (χ3v) is 7.22. The van der Waals surface area contributed by atoms with E-state index in [4.69, 9.17) is 46.4 Å². The Balaban J connectivity index is 2.53. The van der Waals surface area contributed by atoms with Gasteiger partial charge in [-0.2, -0.15) is 0 Å². The molecule has 7 nitrogen and oxygen atoms in total. The van der Waals surface area contributed by atoms with Gasteiger partial charge in [-0.05, 0) is 63.1 Å². The summed E-state index contributed by atoms with van der Waals surface area (Å²) in [6, 6.07) is 8.16. The van der Waals surface area contributed by atoms with Crippen molar-refractivity contribution in [1.82, 2.24) is 10.2 Å². The highest BCUT2D eigenvalue weighted by atomic mass is 35.5. The third-order valence-electron chi connectivity index (χ3n) is 5.05. The van der Waals surface area contributed by atoms with Crippen molar-refractivity contribution >= 4 is 73.9 Å². The monoisotopic (exact) mass is 595 g/mol. The zero-order valence-corrected chi connectivity index (χ0v) is 24.5. The predicted molar refractivity (Wildman–Crippen MR) is 148 cm³/mol. The Labute approximate surface area is 232 Å². The lowest BCUT2D eigenvalue weighted by Gasteiger charge is -2.34. The summed E-state index contributed by atoms with van der Waals surface area (Å²) in [4.78, 5) is 28.2. The lowest BCUT2D eigenvalue weighted by molar-refractivity contribution is -0.141. The average molecular weight is 597 g/mol. The van der Waals surface area contributed by atoms with Gasteiger partial charge in [0, 0.05) is 32.2 Å². The van der Waals surface area contributed by atoms with Gasteiger partial charge < -0.3 is 10.2 Å². The SMILES string of the molecule is CCC(C(=O)NC(C)(C)C)N(Cc1ccc(Cl)cc1Cl)C(=O)CN(c1cc(Cl)cc(Cl)c1)S(C)(=O)=O. The van der Waals surface area contributed by atoms with Gasteiger partial charge in [0.05, 0.1) is 11.9 Å². The van der Waals surface area contributed by atoms with Crippen LogP contribution in [-0.4, -0.2) is 49.5 Å². The number of carbonyl (C=O) groups is 2. The van der Waals surface area contributed by atoms with E-state index in [2.05, 4.69) is 5.32 Å². The number of benzene rings is 2. The van der Waals surface area contributed by atoms with E-state index >= 15 is 0 Å². The summed E-state index contributed by atoms with van der Waals surface area (Å²) in [6.45, 7) is 6.62. The third kappa shape index (κ3) is 8.70. The molecular formula is C24H29Cl4N3O4S. The standard InChI is InChI=1S/C24H29Cl4N3O4S/c1-6-21(23(33)29-24(2,3)4)30(13-15-7-8-16(25)12-20(15)28)22(32)14-31(36(5,34)35)19-10-17(26)9-18(27)11-19/h7-12,21H,6,13-14H2,1-5H3,(H,29,33). The molecule has 2 amide bonds. The molecule has 36 heavy (non-hydrogen) atoms. The molecule has 0 aliphatic carbocycles. The summed E-state index contributed by atoms with van der Waals surface area (Å²) in [5.74, 6) is -0.987. The van der Waals surface area contributed by atoms with Gasteiger partial charge in [-0.1, -0.05) is 59.4 Å². The van der Waals surface area contributed by atoms with Crippen LogP contribution in [0.1, 0.15) is 39.7 Å². The lowest BCUT2D eigenvalue weighted by Crippen LogP contribution is -2.55. The smallest absolute Gasteiger partial charge is 0.244 e. The molecule has 0 aromatic heterocycles. The van der Waals surface area contributed by atoms with Crippen molar-refractivity contribution in [1.29, 1.82) is 0 Å². The first kappa shape index (κ1) is 30.5. The first-order chi connectivity index (χ1) is 16.5. The van der Waals surface area contributed by atoms with Gasteiger partial charge in [0.1, 0.15) is 12.6 Å². The summed E-state index contributed by atoms with van der Waals surface area (Å²) in [7, 11) is -3.92. The molecule has 0 aliphatic heterocycles. The molecular weight excluding hydrogens is 568 g/mol. The number of hydrogen-bond acceptors (Lipinski definition) is 4. The van der Waals surface area contributed by atoms with Crippen molar-refractivity contribution in [2.75, 3.05) is 17.1 Å². The first-order valence-electron chi connectivity index (χ1n) is 11.0. The zero-order chi connectivity index (χ0) is 27.4. The van der Waals surface area contributed by atoms with E-state index in [0.717, 1.165) is 10.6 Å². The normalized spacial score (nSPS) is 12.7. The van der Waals surface area contributed by atoms with Gasteiger partial charge >= 0.3 is 0 Å². The molecule has 0 saturated heterocycles. The number of halogens is 4. The molecule has 0 bridgehead atoms. The summed E-state index contributed by atoms with van der Waals surface area (Å²) in [5, 5.41) is 4.04. The van der Waals surface area contributed by atoms with Crippen molar-refractivity contribution in [2.24, 2.45) is 0 Å². The summed E-state index contributed by atoms with van der Waals surface area (Å²) < 4.78 is 26.3. The van der Waals surface area contributed by atoms with Gasteiger partial charge in [0.25, 0.3) is 0 Å². The van der Waals surface area contributed by atoms with E-state index < -0.39 is 34.1 Å². The van der Waals surface area contributed by atoms with Crippen LogP contribution in [0.4, 0.5) is 5.69 Å². The van der Waals surface area contributed by atoms with E-state index in [0.29, 0.717) is 15.6 Å². The maximum atomic E-state index is 13.7. The molecule has 12 heteroatoms. The predicted octanol–water partition coefficient (Wildman–Crippen LogP) is 5.79. The fourth-order valence-corrected chi connectivity index (χ4v) is 5.32.